The van der Waals surface area contributed by atoms with E-state index in [2.05, 4.69) is 4.98 Å². The molecule has 1 N–H and O–H groups in total. The highest BCUT2D eigenvalue weighted by molar-refractivity contribution is 7.09. The number of rotatable bonds is 3. The van der Waals surface area contributed by atoms with Gasteiger partial charge < -0.3 is 5.11 Å². The largest absolute Gasteiger partial charge is 0.385 e. The smallest absolute Gasteiger partial charge is 0.142 e. The number of aromatic nitrogens is 1. The van der Waals surface area contributed by atoms with Crippen molar-refractivity contribution < 1.29 is 9.50 Å². The van der Waals surface area contributed by atoms with Gasteiger partial charge in [-0.25, -0.2) is 9.37 Å². The summed E-state index contributed by atoms with van der Waals surface area (Å²) in [6.07, 6.45) is 0.270. The second kappa shape index (κ2) is 5.37. The molecule has 1 unspecified atom stereocenters. The van der Waals surface area contributed by atoms with Crippen molar-refractivity contribution in [3.8, 4) is 0 Å². The first-order valence-electron chi connectivity index (χ1n) is 5.58. The first-order valence-corrected chi connectivity index (χ1v) is 7.21. The van der Waals surface area contributed by atoms with Crippen LogP contribution in [-0.2, 0) is 12.0 Å². The summed E-state index contributed by atoms with van der Waals surface area (Å²) in [6.45, 7) is 3.46. The monoisotopic (exact) mass is 319 g/mol. The summed E-state index contributed by atoms with van der Waals surface area (Å²) in [5, 5.41) is 13.4. The van der Waals surface area contributed by atoms with Crippen molar-refractivity contribution in [2.45, 2.75) is 25.9 Å². The lowest BCUT2D eigenvalue weighted by Gasteiger charge is -2.24. The Morgan fingerprint density at radius 2 is 2.05 bits per heavy atom. The van der Waals surface area contributed by atoms with Gasteiger partial charge in [0.2, 0.25) is 0 Å². The van der Waals surface area contributed by atoms with Gasteiger partial charge in [-0.1, -0.05) is 23.2 Å². The van der Waals surface area contributed by atoms with Crippen molar-refractivity contribution in [3.63, 3.8) is 0 Å². The fourth-order valence-corrected chi connectivity index (χ4v) is 3.32. The molecule has 1 aromatic carbocycles. The molecular formula is C13H12Cl2FNOS. The number of aryl methyl sites for hydroxylation is 1. The van der Waals surface area contributed by atoms with Crippen molar-refractivity contribution >= 4 is 34.5 Å². The molecule has 0 saturated carbocycles. The van der Waals surface area contributed by atoms with E-state index in [0.717, 1.165) is 10.7 Å². The van der Waals surface area contributed by atoms with Gasteiger partial charge in [-0.05, 0) is 26.0 Å². The minimum atomic E-state index is -1.30. The quantitative estimate of drug-likeness (QED) is 0.853. The molecular weight excluding hydrogens is 308 g/mol. The molecule has 102 valence electrons. The lowest BCUT2D eigenvalue weighted by molar-refractivity contribution is 0.0573. The molecule has 0 aliphatic carbocycles. The minimum Gasteiger partial charge on any atom is -0.385 e. The summed E-state index contributed by atoms with van der Waals surface area (Å²) >= 11 is 13.1. The average Bonchev–Trinajstić information content (AvgIpc) is 2.68. The Balaban J connectivity index is 2.36. The molecule has 0 saturated heterocycles. The fourth-order valence-electron chi connectivity index (χ4n) is 1.81. The molecule has 0 amide bonds. The van der Waals surface area contributed by atoms with Crippen molar-refractivity contribution in [1.82, 2.24) is 4.98 Å². The maximum absolute atomic E-state index is 13.5. The number of aliphatic hydroxyl groups is 1. The Morgan fingerprint density at radius 3 is 2.63 bits per heavy atom. The summed E-state index contributed by atoms with van der Waals surface area (Å²) in [5.41, 5.74) is -0.0969. The minimum absolute atomic E-state index is 0.0605. The van der Waals surface area contributed by atoms with Gasteiger partial charge in [0.15, 0.2) is 0 Å². The molecule has 0 bridgehead atoms. The molecule has 6 heteroatoms. The van der Waals surface area contributed by atoms with E-state index in [0.29, 0.717) is 5.56 Å². The van der Waals surface area contributed by atoms with Crippen molar-refractivity contribution in [2.75, 3.05) is 0 Å². The molecule has 1 aromatic heterocycles. The lowest BCUT2D eigenvalue weighted by atomic mass is 9.92. The van der Waals surface area contributed by atoms with Crippen LogP contribution in [0.25, 0.3) is 0 Å². The van der Waals surface area contributed by atoms with Gasteiger partial charge >= 0.3 is 0 Å². The molecule has 0 radical (unpaired) electrons. The summed E-state index contributed by atoms with van der Waals surface area (Å²) < 4.78 is 13.5. The van der Waals surface area contributed by atoms with Gasteiger partial charge in [-0.2, -0.15) is 0 Å². The molecule has 2 aromatic rings. The highest BCUT2D eigenvalue weighted by Crippen LogP contribution is 2.34. The third-order valence-corrected chi connectivity index (χ3v) is 4.32. The Kier molecular flexibility index (Phi) is 4.16. The molecule has 0 aliphatic heterocycles. The summed E-state index contributed by atoms with van der Waals surface area (Å²) in [6, 6.07) is 2.47. The molecule has 2 rings (SSSR count). The molecule has 0 aliphatic rings. The standard InChI is InChI=1S/C13H12Cl2FNOS/c1-7-6-19-12(17-7)5-13(2,18)8-3-11(16)10(15)4-9(8)14/h3-4,6,18H,5H2,1-2H3. The van der Waals surface area contributed by atoms with Crippen LogP contribution in [0.2, 0.25) is 10.0 Å². The van der Waals surface area contributed by atoms with Crippen LogP contribution in [-0.4, -0.2) is 10.1 Å². The first-order chi connectivity index (χ1) is 8.79. The second-order valence-electron chi connectivity index (χ2n) is 4.58. The Bertz CT molecular complexity index is 613. The number of benzene rings is 1. The van der Waals surface area contributed by atoms with Gasteiger partial charge in [0.25, 0.3) is 0 Å². The Labute approximate surface area is 124 Å². The zero-order chi connectivity index (χ0) is 14.2. The molecule has 0 spiro atoms. The van der Waals surface area contributed by atoms with Crippen LogP contribution in [0.4, 0.5) is 4.39 Å². The third-order valence-electron chi connectivity index (χ3n) is 2.75. The van der Waals surface area contributed by atoms with E-state index in [4.69, 9.17) is 23.2 Å². The molecule has 2 nitrogen and oxygen atoms in total. The SMILES string of the molecule is Cc1csc(CC(C)(O)c2cc(F)c(Cl)cc2Cl)n1. The maximum Gasteiger partial charge on any atom is 0.142 e. The highest BCUT2D eigenvalue weighted by Gasteiger charge is 2.28. The number of nitrogens with zero attached hydrogens (tertiary/aromatic N) is 1. The number of hydrogen-bond acceptors (Lipinski definition) is 3. The number of hydrogen-bond donors (Lipinski definition) is 1. The molecule has 0 fully saturated rings. The summed E-state index contributed by atoms with van der Waals surface area (Å²) in [7, 11) is 0. The van der Waals surface area contributed by atoms with Gasteiger partial charge in [-0.3, -0.25) is 0 Å². The van der Waals surface area contributed by atoms with Crippen LogP contribution < -0.4 is 0 Å². The summed E-state index contributed by atoms with van der Waals surface area (Å²) in [5.74, 6) is -0.600. The van der Waals surface area contributed by atoms with E-state index in [1.807, 2.05) is 12.3 Å². The van der Waals surface area contributed by atoms with Gasteiger partial charge in [0, 0.05) is 28.1 Å². The number of thiazole rings is 1. The molecule has 1 atom stereocenters. The van der Waals surface area contributed by atoms with Crippen molar-refractivity contribution in [1.29, 1.82) is 0 Å². The van der Waals surface area contributed by atoms with E-state index in [1.54, 1.807) is 6.92 Å². The Morgan fingerprint density at radius 1 is 1.37 bits per heavy atom. The van der Waals surface area contributed by atoms with E-state index in [1.165, 1.54) is 23.5 Å². The first kappa shape index (κ1) is 14.7. The highest BCUT2D eigenvalue weighted by atomic mass is 35.5. The average molecular weight is 320 g/mol. The lowest BCUT2D eigenvalue weighted by Crippen LogP contribution is -2.25. The van der Waals surface area contributed by atoms with Crippen molar-refractivity contribution in [2.24, 2.45) is 0 Å². The third kappa shape index (κ3) is 3.26. The fraction of sp³-hybridized carbons (Fsp3) is 0.308. The normalized spacial score (nSPS) is 14.4. The van der Waals surface area contributed by atoms with Gasteiger partial charge in [0.1, 0.15) is 5.82 Å². The maximum atomic E-state index is 13.5. The van der Waals surface area contributed by atoms with Crippen LogP contribution in [0, 0.1) is 12.7 Å². The van der Waals surface area contributed by atoms with Gasteiger partial charge in [0.05, 0.1) is 15.6 Å². The van der Waals surface area contributed by atoms with Crippen LogP contribution >= 0.6 is 34.5 Å². The van der Waals surface area contributed by atoms with Crippen LogP contribution in [0.3, 0.4) is 0 Å². The van der Waals surface area contributed by atoms with E-state index < -0.39 is 11.4 Å². The van der Waals surface area contributed by atoms with E-state index in [9.17, 15) is 9.50 Å². The van der Waals surface area contributed by atoms with Crippen LogP contribution in [0.5, 0.6) is 0 Å². The van der Waals surface area contributed by atoms with Crippen LogP contribution in [0.1, 0.15) is 23.2 Å². The topological polar surface area (TPSA) is 33.1 Å². The van der Waals surface area contributed by atoms with Gasteiger partial charge in [-0.15, -0.1) is 11.3 Å². The molecule has 1 heterocycles. The second-order valence-corrected chi connectivity index (χ2v) is 6.34. The Hall–Kier alpha value is -0.680. The predicted octanol–water partition coefficient (Wildman–Crippen LogP) is 4.35. The predicted molar refractivity (Wildman–Crippen MR) is 76.5 cm³/mol. The zero-order valence-electron chi connectivity index (χ0n) is 10.4. The van der Waals surface area contributed by atoms with E-state index in [-0.39, 0.29) is 16.5 Å². The number of halogens is 3. The van der Waals surface area contributed by atoms with Crippen molar-refractivity contribution in [3.05, 3.63) is 49.6 Å². The molecule has 19 heavy (non-hydrogen) atoms. The van der Waals surface area contributed by atoms with Crippen LogP contribution in [0.15, 0.2) is 17.5 Å². The van der Waals surface area contributed by atoms with E-state index >= 15 is 0 Å². The summed E-state index contributed by atoms with van der Waals surface area (Å²) in [4.78, 5) is 4.29. The zero-order valence-corrected chi connectivity index (χ0v) is 12.7.